The van der Waals surface area contributed by atoms with E-state index in [2.05, 4.69) is 6.92 Å². The zero-order valence-electron chi connectivity index (χ0n) is 18.6. The molecule has 2 rings (SSSR count). The van der Waals surface area contributed by atoms with Gasteiger partial charge >= 0.3 is 5.97 Å². The third-order valence-corrected chi connectivity index (χ3v) is 6.81. The van der Waals surface area contributed by atoms with Crippen LogP contribution in [0.5, 0.6) is 5.75 Å². The van der Waals surface area contributed by atoms with Crippen LogP contribution in [0, 0.1) is 5.92 Å². The lowest BCUT2D eigenvalue weighted by Crippen LogP contribution is -2.47. The summed E-state index contributed by atoms with van der Waals surface area (Å²) in [5.74, 6) is -0.756. The van der Waals surface area contributed by atoms with Crippen LogP contribution < -0.4 is 4.74 Å². The number of hydrogen-bond acceptors (Lipinski definition) is 5. The number of thiocarbonyl (C=S) groups is 1. The molecular weight excluding hydrogens is 430 g/mol. The summed E-state index contributed by atoms with van der Waals surface area (Å²) < 4.78 is 6.10. The number of nitrogens with zero attached hydrogens (tertiary/aromatic N) is 1. The molecule has 1 aliphatic rings. The summed E-state index contributed by atoms with van der Waals surface area (Å²) in [5.41, 5.74) is 0.850. The number of rotatable bonds is 13. The van der Waals surface area contributed by atoms with Crippen LogP contribution in [0.4, 0.5) is 0 Å². The first-order chi connectivity index (χ1) is 14.9. The Labute approximate surface area is 195 Å². The summed E-state index contributed by atoms with van der Waals surface area (Å²) in [7, 11) is 0. The number of benzene rings is 1. The van der Waals surface area contributed by atoms with Crippen molar-refractivity contribution in [1.82, 2.24) is 4.90 Å². The number of aliphatic carboxylic acids is 1. The molecular formula is C24H33NO4S2. The van der Waals surface area contributed by atoms with Gasteiger partial charge in [0.25, 0.3) is 5.91 Å². The number of carboxylic acids is 1. The summed E-state index contributed by atoms with van der Waals surface area (Å²) in [4.78, 5) is 26.3. The lowest BCUT2D eigenvalue weighted by atomic mass is 9.98. The Morgan fingerprint density at radius 2 is 1.81 bits per heavy atom. The van der Waals surface area contributed by atoms with E-state index in [0.717, 1.165) is 29.5 Å². The largest absolute Gasteiger partial charge is 0.494 e. The van der Waals surface area contributed by atoms with Gasteiger partial charge in [0.15, 0.2) is 0 Å². The van der Waals surface area contributed by atoms with Crippen molar-refractivity contribution in [2.45, 2.75) is 71.8 Å². The molecule has 170 valence electrons. The number of carbonyl (C=O) groups is 2. The van der Waals surface area contributed by atoms with Crippen LogP contribution in [0.25, 0.3) is 6.08 Å². The lowest BCUT2D eigenvalue weighted by Gasteiger charge is -2.27. The van der Waals surface area contributed by atoms with Gasteiger partial charge in [-0.2, -0.15) is 0 Å². The molecule has 1 heterocycles. The molecule has 1 saturated heterocycles. The van der Waals surface area contributed by atoms with Crippen LogP contribution in [0.2, 0.25) is 0 Å². The topological polar surface area (TPSA) is 66.8 Å². The van der Waals surface area contributed by atoms with Crippen LogP contribution in [0.15, 0.2) is 29.2 Å². The van der Waals surface area contributed by atoms with Gasteiger partial charge in [0.05, 0.1) is 11.5 Å². The highest BCUT2D eigenvalue weighted by Gasteiger charge is 2.42. The molecule has 7 heteroatoms. The van der Waals surface area contributed by atoms with Crippen molar-refractivity contribution < 1.29 is 19.4 Å². The Hall–Kier alpha value is -1.86. The van der Waals surface area contributed by atoms with Gasteiger partial charge in [0, 0.05) is 0 Å². The van der Waals surface area contributed by atoms with Crippen molar-refractivity contribution in [2.24, 2.45) is 5.92 Å². The third-order valence-electron chi connectivity index (χ3n) is 5.48. The standard InChI is InChI=1S/C24H33NO4S2/c1-4-6-7-8-9-10-15-29-19-13-11-18(12-14-19)16-20-22(26)25(24(30)31-20)21(23(27)28)17(3)5-2/h11-14,16-17,21H,4-10,15H2,1-3H3,(H,27,28)/b20-16+/t17-,21-/m0/s1. The summed E-state index contributed by atoms with van der Waals surface area (Å²) >= 11 is 6.48. The highest BCUT2D eigenvalue weighted by molar-refractivity contribution is 8.26. The SMILES string of the molecule is CCCCCCCCOc1ccc(/C=C2/SC(=S)N([C@H](C(=O)O)[C@@H](C)CC)C2=O)cc1. The molecule has 5 nitrogen and oxygen atoms in total. The monoisotopic (exact) mass is 463 g/mol. The van der Waals surface area contributed by atoms with Crippen molar-refractivity contribution in [2.75, 3.05) is 6.61 Å². The van der Waals surface area contributed by atoms with Crippen LogP contribution in [-0.2, 0) is 9.59 Å². The zero-order chi connectivity index (χ0) is 22.8. The fourth-order valence-electron chi connectivity index (χ4n) is 3.44. The van der Waals surface area contributed by atoms with E-state index < -0.39 is 12.0 Å². The minimum atomic E-state index is -1.03. The second kappa shape index (κ2) is 12.9. The predicted octanol–water partition coefficient (Wildman–Crippen LogP) is 6.13. The summed E-state index contributed by atoms with van der Waals surface area (Å²) in [5, 5.41) is 9.62. The number of carboxylic acid groups (broad SMARTS) is 1. The number of unbranched alkanes of at least 4 members (excludes halogenated alkanes) is 5. The molecule has 0 aliphatic carbocycles. The lowest BCUT2D eigenvalue weighted by molar-refractivity contribution is -0.147. The molecule has 1 aliphatic heterocycles. The van der Waals surface area contributed by atoms with Crippen LogP contribution in [-0.4, -0.2) is 38.9 Å². The molecule has 31 heavy (non-hydrogen) atoms. The molecule has 0 aromatic heterocycles. The van der Waals surface area contributed by atoms with Gasteiger partial charge in [0.1, 0.15) is 16.1 Å². The molecule has 1 amide bonds. The Bertz CT molecular complexity index is 791. The molecule has 0 radical (unpaired) electrons. The third kappa shape index (κ3) is 7.35. The summed E-state index contributed by atoms with van der Waals surface area (Å²) in [6.45, 7) is 6.65. The summed E-state index contributed by atoms with van der Waals surface area (Å²) in [6.07, 6.45) is 9.75. The van der Waals surface area contributed by atoms with E-state index in [0.29, 0.717) is 22.3 Å². The van der Waals surface area contributed by atoms with Gasteiger partial charge in [-0.3, -0.25) is 9.69 Å². The first-order valence-corrected chi connectivity index (χ1v) is 12.3. The second-order valence-electron chi connectivity index (χ2n) is 7.91. The van der Waals surface area contributed by atoms with E-state index in [1.807, 2.05) is 38.1 Å². The van der Waals surface area contributed by atoms with Crippen LogP contribution in [0.3, 0.4) is 0 Å². The molecule has 1 N–H and O–H groups in total. The minimum absolute atomic E-state index is 0.192. The Morgan fingerprint density at radius 1 is 1.16 bits per heavy atom. The number of thioether (sulfide) groups is 1. The molecule has 0 spiro atoms. The smallest absolute Gasteiger partial charge is 0.327 e. The van der Waals surface area contributed by atoms with Crippen LogP contribution >= 0.6 is 24.0 Å². The number of carbonyl (C=O) groups excluding carboxylic acids is 1. The molecule has 2 atom stereocenters. The molecule has 0 unspecified atom stereocenters. The van der Waals surface area contributed by atoms with Crippen LogP contribution in [0.1, 0.15) is 71.3 Å². The van der Waals surface area contributed by atoms with Gasteiger partial charge in [-0.15, -0.1) is 0 Å². The fraction of sp³-hybridized carbons (Fsp3) is 0.542. The number of hydrogen-bond donors (Lipinski definition) is 1. The molecule has 1 fully saturated rings. The number of amides is 1. The Morgan fingerprint density at radius 3 is 2.42 bits per heavy atom. The molecule has 0 bridgehead atoms. The zero-order valence-corrected chi connectivity index (χ0v) is 20.3. The van der Waals surface area contributed by atoms with E-state index in [4.69, 9.17) is 17.0 Å². The predicted molar refractivity (Wildman–Crippen MR) is 131 cm³/mol. The van der Waals surface area contributed by atoms with Crippen molar-refractivity contribution in [3.63, 3.8) is 0 Å². The highest BCUT2D eigenvalue weighted by atomic mass is 32.2. The maximum atomic E-state index is 12.9. The first-order valence-electron chi connectivity index (χ1n) is 11.1. The van der Waals surface area contributed by atoms with Crippen molar-refractivity contribution >= 4 is 46.3 Å². The Balaban J connectivity index is 1.95. The molecule has 1 aromatic carbocycles. The fourth-order valence-corrected chi connectivity index (χ4v) is 4.76. The second-order valence-corrected chi connectivity index (χ2v) is 9.58. The van der Waals surface area contributed by atoms with Crippen molar-refractivity contribution in [1.29, 1.82) is 0 Å². The van der Waals surface area contributed by atoms with Gasteiger partial charge in [-0.25, -0.2) is 4.79 Å². The average molecular weight is 464 g/mol. The number of ether oxygens (including phenoxy) is 1. The first kappa shape index (κ1) is 25.4. The normalized spacial score (nSPS) is 17.3. The van der Waals surface area contributed by atoms with Gasteiger partial charge in [-0.05, 0) is 36.1 Å². The molecule has 1 aromatic rings. The maximum Gasteiger partial charge on any atom is 0.327 e. The van der Waals surface area contributed by atoms with E-state index in [-0.39, 0.29) is 11.8 Å². The van der Waals surface area contributed by atoms with E-state index in [1.54, 1.807) is 6.08 Å². The quantitative estimate of drug-likeness (QED) is 0.216. The van der Waals surface area contributed by atoms with Crippen molar-refractivity contribution in [3.05, 3.63) is 34.7 Å². The summed E-state index contributed by atoms with van der Waals surface area (Å²) in [6, 6.07) is 6.63. The van der Waals surface area contributed by atoms with Gasteiger partial charge in [-0.1, -0.05) is 95.4 Å². The van der Waals surface area contributed by atoms with E-state index in [1.165, 1.54) is 37.0 Å². The van der Waals surface area contributed by atoms with E-state index in [9.17, 15) is 14.7 Å². The van der Waals surface area contributed by atoms with Gasteiger partial charge < -0.3 is 9.84 Å². The minimum Gasteiger partial charge on any atom is -0.494 e. The van der Waals surface area contributed by atoms with Crippen molar-refractivity contribution in [3.8, 4) is 5.75 Å². The average Bonchev–Trinajstić information content (AvgIpc) is 3.01. The Kier molecular flexibility index (Phi) is 10.5. The highest BCUT2D eigenvalue weighted by Crippen LogP contribution is 2.36. The maximum absolute atomic E-state index is 12.9. The van der Waals surface area contributed by atoms with E-state index >= 15 is 0 Å². The van der Waals surface area contributed by atoms with Gasteiger partial charge in [0.2, 0.25) is 0 Å². The molecule has 0 saturated carbocycles.